The van der Waals surface area contributed by atoms with E-state index in [1.807, 2.05) is 6.92 Å². The molecule has 1 atom stereocenters. The molecule has 2 rings (SSSR count). The molecule has 2 heterocycles. The highest BCUT2D eigenvalue weighted by atomic mass is 19.4. The van der Waals surface area contributed by atoms with Gasteiger partial charge in [-0.25, -0.2) is 9.50 Å². The first-order valence-electron chi connectivity index (χ1n) is 5.69. The van der Waals surface area contributed by atoms with Crippen LogP contribution in [0.5, 0.6) is 0 Å². The third kappa shape index (κ3) is 2.48. The lowest BCUT2D eigenvalue weighted by Gasteiger charge is -2.24. The third-order valence-electron chi connectivity index (χ3n) is 3.00. The Hall–Kier alpha value is -1.83. The maximum absolute atomic E-state index is 12.7. The average molecular weight is 273 g/mol. The van der Waals surface area contributed by atoms with Crippen molar-refractivity contribution < 1.29 is 13.2 Å². The minimum absolute atomic E-state index is 0.0389. The van der Waals surface area contributed by atoms with Crippen LogP contribution in [-0.4, -0.2) is 34.2 Å². The van der Waals surface area contributed by atoms with Gasteiger partial charge in [-0.3, -0.25) is 0 Å². The molecule has 0 aliphatic heterocycles. The van der Waals surface area contributed by atoms with Crippen LogP contribution in [0.25, 0.3) is 5.52 Å². The van der Waals surface area contributed by atoms with Crippen molar-refractivity contribution in [2.24, 2.45) is 5.73 Å². The summed E-state index contributed by atoms with van der Waals surface area (Å²) in [7, 11) is 1.74. The molecule has 0 amide bonds. The zero-order valence-corrected chi connectivity index (χ0v) is 10.5. The van der Waals surface area contributed by atoms with E-state index >= 15 is 0 Å². The summed E-state index contributed by atoms with van der Waals surface area (Å²) in [4.78, 5) is 5.85. The fourth-order valence-electron chi connectivity index (χ4n) is 1.69. The summed E-state index contributed by atoms with van der Waals surface area (Å²) in [6, 6.07) is 0.949. The van der Waals surface area contributed by atoms with Crippen molar-refractivity contribution in [3.63, 3.8) is 0 Å². The first kappa shape index (κ1) is 13.6. The summed E-state index contributed by atoms with van der Waals surface area (Å²) in [5, 5.41) is 3.51. The fourth-order valence-corrected chi connectivity index (χ4v) is 1.69. The highest BCUT2D eigenvalue weighted by Crippen LogP contribution is 2.30. The molecular formula is C11H14F3N5. The molecule has 0 aliphatic carbocycles. The molecule has 0 aromatic carbocycles. The van der Waals surface area contributed by atoms with Gasteiger partial charge in [-0.2, -0.15) is 18.3 Å². The summed E-state index contributed by atoms with van der Waals surface area (Å²) in [5.74, 6) is 0.420. The second-order valence-corrected chi connectivity index (χ2v) is 4.30. The molecule has 104 valence electrons. The van der Waals surface area contributed by atoms with Crippen LogP contribution in [0, 0.1) is 0 Å². The summed E-state index contributed by atoms with van der Waals surface area (Å²) in [5.41, 5.74) is 4.93. The molecule has 19 heavy (non-hydrogen) atoms. The Kier molecular flexibility index (Phi) is 3.36. The molecule has 2 aromatic rings. The average Bonchev–Trinajstić information content (AvgIpc) is 2.80. The molecule has 2 N–H and O–H groups in total. The molecule has 8 heteroatoms. The Labute approximate surface area is 107 Å². The van der Waals surface area contributed by atoms with Crippen LogP contribution in [0.1, 0.15) is 12.6 Å². The van der Waals surface area contributed by atoms with Crippen molar-refractivity contribution in [2.45, 2.75) is 19.1 Å². The predicted octanol–water partition coefficient (Wildman–Crippen LogP) is 1.53. The van der Waals surface area contributed by atoms with E-state index in [0.717, 1.165) is 6.07 Å². The lowest BCUT2D eigenvalue weighted by Crippen LogP contribution is -2.36. The minimum Gasteiger partial charge on any atom is -0.354 e. The normalized spacial score (nSPS) is 13.8. The number of anilines is 1. The highest BCUT2D eigenvalue weighted by Gasteiger charge is 2.34. The number of fused-ring (bicyclic) bond motifs is 1. The summed E-state index contributed by atoms with van der Waals surface area (Å²) in [6.45, 7) is 2.24. The standard InChI is InChI=1S/C11H14F3N5/c1-7(6-15)18(2)10-8-5-9(11(12,13)14)17-19(8)4-3-16-10/h3-5,7H,6,15H2,1-2H3. The van der Waals surface area contributed by atoms with Gasteiger partial charge in [0.2, 0.25) is 0 Å². The maximum atomic E-state index is 12.7. The molecule has 0 bridgehead atoms. The SMILES string of the molecule is CC(CN)N(C)c1nccn2nc(C(F)(F)F)cc12. The van der Waals surface area contributed by atoms with Crippen molar-refractivity contribution in [3.8, 4) is 0 Å². The van der Waals surface area contributed by atoms with E-state index in [0.29, 0.717) is 17.9 Å². The Morgan fingerprint density at radius 2 is 2.16 bits per heavy atom. The van der Waals surface area contributed by atoms with E-state index in [1.54, 1.807) is 11.9 Å². The van der Waals surface area contributed by atoms with Gasteiger partial charge in [0.15, 0.2) is 11.5 Å². The number of nitrogens with zero attached hydrogens (tertiary/aromatic N) is 4. The summed E-state index contributed by atoms with van der Waals surface area (Å²) < 4.78 is 39.1. The molecule has 1 unspecified atom stereocenters. The van der Waals surface area contributed by atoms with E-state index in [4.69, 9.17) is 5.73 Å². The van der Waals surface area contributed by atoms with Gasteiger partial charge < -0.3 is 10.6 Å². The van der Waals surface area contributed by atoms with Gasteiger partial charge in [-0.1, -0.05) is 0 Å². The molecule has 0 aliphatic rings. The number of halogens is 3. The molecule has 0 spiro atoms. The van der Waals surface area contributed by atoms with Crippen LogP contribution in [-0.2, 0) is 6.18 Å². The molecule has 5 nitrogen and oxygen atoms in total. The summed E-state index contributed by atoms with van der Waals surface area (Å²) in [6.07, 6.45) is -1.68. The minimum atomic E-state index is -4.47. The van der Waals surface area contributed by atoms with E-state index in [2.05, 4.69) is 10.1 Å². The van der Waals surface area contributed by atoms with E-state index in [9.17, 15) is 13.2 Å². The van der Waals surface area contributed by atoms with E-state index < -0.39 is 11.9 Å². The van der Waals surface area contributed by atoms with Gasteiger partial charge in [0, 0.05) is 38.1 Å². The number of hydrogen-bond donors (Lipinski definition) is 1. The predicted molar refractivity (Wildman–Crippen MR) is 64.9 cm³/mol. The lowest BCUT2D eigenvalue weighted by molar-refractivity contribution is -0.141. The molecule has 0 fully saturated rings. The molecule has 0 saturated carbocycles. The first-order valence-corrected chi connectivity index (χ1v) is 5.69. The van der Waals surface area contributed by atoms with Crippen molar-refractivity contribution in [1.82, 2.24) is 14.6 Å². The highest BCUT2D eigenvalue weighted by molar-refractivity contribution is 5.69. The van der Waals surface area contributed by atoms with Crippen LogP contribution in [0.2, 0.25) is 0 Å². The Morgan fingerprint density at radius 1 is 1.47 bits per heavy atom. The largest absolute Gasteiger partial charge is 0.435 e. The number of nitrogens with two attached hydrogens (primary N) is 1. The van der Waals surface area contributed by atoms with Crippen molar-refractivity contribution in [2.75, 3.05) is 18.5 Å². The van der Waals surface area contributed by atoms with Gasteiger partial charge in [-0.15, -0.1) is 0 Å². The van der Waals surface area contributed by atoms with Crippen molar-refractivity contribution >= 4 is 11.3 Å². The number of alkyl halides is 3. The van der Waals surface area contributed by atoms with Crippen LogP contribution in [0.4, 0.5) is 19.0 Å². The first-order chi connectivity index (χ1) is 8.84. The molecular weight excluding hydrogens is 259 g/mol. The van der Waals surface area contributed by atoms with Crippen LogP contribution in [0.3, 0.4) is 0 Å². The van der Waals surface area contributed by atoms with E-state index in [1.165, 1.54) is 16.9 Å². The zero-order chi connectivity index (χ0) is 14.2. The van der Waals surface area contributed by atoms with Crippen LogP contribution in [0.15, 0.2) is 18.5 Å². The van der Waals surface area contributed by atoms with Crippen molar-refractivity contribution in [1.29, 1.82) is 0 Å². The summed E-state index contributed by atoms with van der Waals surface area (Å²) >= 11 is 0. The second-order valence-electron chi connectivity index (χ2n) is 4.30. The Balaban J connectivity index is 2.54. The third-order valence-corrected chi connectivity index (χ3v) is 3.00. The topological polar surface area (TPSA) is 59.5 Å². The Morgan fingerprint density at radius 3 is 2.74 bits per heavy atom. The van der Waals surface area contributed by atoms with Crippen LogP contribution < -0.4 is 10.6 Å². The quantitative estimate of drug-likeness (QED) is 0.921. The number of likely N-dealkylation sites (N-methyl/N-ethyl adjacent to an activating group) is 1. The fraction of sp³-hybridized carbons (Fsp3) is 0.455. The zero-order valence-electron chi connectivity index (χ0n) is 10.5. The van der Waals surface area contributed by atoms with Gasteiger partial charge in [0.05, 0.1) is 0 Å². The lowest BCUT2D eigenvalue weighted by atomic mass is 10.3. The molecule has 2 aromatic heterocycles. The van der Waals surface area contributed by atoms with Crippen LogP contribution >= 0.6 is 0 Å². The van der Waals surface area contributed by atoms with E-state index in [-0.39, 0.29) is 6.04 Å². The van der Waals surface area contributed by atoms with Gasteiger partial charge in [0.25, 0.3) is 0 Å². The van der Waals surface area contributed by atoms with Gasteiger partial charge in [0.1, 0.15) is 5.52 Å². The number of rotatable bonds is 3. The van der Waals surface area contributed by atoms with Gasteiger partial charge in [-0.05, 0) is 6.92 Å². The molecule has 0 radical (unpaired) electrons. The van der Waals surface area contributed by atoms with Gasteiger partial charge >= 0.3 is 6.18 Å². The number of hydrogen-bond acceptors (Lipinski definition) is 4. The number of aromatic nitrogens is 3. The van der Waals surface area contributed by atoms with Crippen molar-refractivity contribution in [3.05, 3.63) is 24.2 Å². The smallest absolute Gasteiger partial charge is 0.354 e. The monoisotopic (exact) mass is 273 g/mol. The molecule has 0 saturated heterocycles. The maximum Gasteiger partial charge on any atom is 0.435 e. The second kappa shape index (κ2) is 4.69. The Bertz CT molecular complexity index is 577.